The fourth-order valence-corrected chi connectivity index (χ4v) is 4.38. The van der Waals surface area contributed by atoms with Crippen LogP contribution in [-0.4, -0.2) is 16.8 Å². The zero-order chi connectivity index (χ0) is 10.7. The highest BCUT2D eigenvalue weighted by molar-refractivity contribution is 7.99. The van der Waals surface area contributed by atoms with Gasteiger partial charge in [0.15, 0.2) is 0 Å². The molecule has 1 nitrogen and oxygen atoms in total. The van der Waals surface area contributed by atoms with Gasteiger partial charge in [0.1, 0.15) is 5.78 Å². The van der Waals surface area contributed by atoms with Crippen LogP contribution >= 0.6 is 11.8 Å². The van der Waals surface area contributed by atoms with E-state index in [0.717, 1.165) is 31.1 Å². The molecule has 0 bridgehead atoms. The zero-order valence-electron chi connectivity index (χ0n) is 9.71. The summed E-state index contributed by atoms with van der Waals surface area (Å²) in [6.07, 6.45) is 8.54. The molecule has 0 aromatic carbocycles. The van der Waals surface area contributed by atoms with E-state index >= 15 is 0 Å². The summed E-state index contributed by atoms with van der Waals surface area (Å²) in [6, 6.07) is 0. The molecular formula is C13H22OS. The highest BCUT2D eigenvalue weighted by atomic mass is 32.2. The maximum Gasteiger partial charge on any atom is 0.134 e. The lowest BCUT2D eigenvalue weighted by Gasteiger charge is -2.28. The third-order valence-corrected chi connectivity index (χ3v) is 5.69. The number of Topliss-reactive ketones (excluding diaryl/α,β-unsaturated/α-hetero) is 1. The number of hydrogen-bond acceptors (Lipinski definition) is 2. The average Bonchev–Trinajstić information content (AvgIpc) is 2.72. The second kappa shape index (κ2) is 5.38. The van der Waals surface area contributed by atoms with Crippen LogP contribution in [0.4, 0.5) is 0 Å². The molecular weight excluding hydrogens is 204 g/mol. The standard InChI is InChI=1S/C13H22OS/c1-10-6-7-12(14)8-13(10)15-9-11-4-2-3-5-11/h10-11,13H,2-9H2,1H3. The Morgan fingerprint density at radius 1 is 1.27 bits per heavy atom. The summed E-state index contributed by atoms with van der Waals surface area (Å²) in [6.45, 7) is 2.32. The van der Waals surface area contributed by atoms with Crippen LogP contribution in [0.3, 0.4) is 0 Å². The van der Waals surface area contributed by atoms with Crippen molar-refractivity contribution in [2.45, 2.75) is 57.1 Å². The summed E-state index contributed by atoms with van der Waals surface area (Å²) in [5.41, 5.74) is 0. The number of carbonyl (C=O) groups is 1. The van der Waals surface area contributed by atoms with Crippen molar-refractivity contribution in [3.63, 3.8) is 0 Å². The van der Waals surface area contributed by atoms with E-state index in [1.807, 2.05) is 0 Å². The van der Waals surface area contributed by atoms with E-state index in [1.165, 1.54) is 31.4 Å². The molecule has 2 aliphatic rings. The molecule has 0 amide bonds. The van der Waals surface area contributed by atoms with Crippen molar-refractivity contribution in [3.05, 3.63) is 0 Å². The highest BCUT2D eigenvalue weighted by Crippen LogP contribution is 2.35. The molecule has 0 saturated heterocycles. The summed E-state index contributed by atoms with van der Waals surface area (Å²) in [5.74, 6) is 3.52. The van der Waals surface area contributed by atoms with Crippen LogP contribution in [0.25, 0.3) is 0 Å². The lowest BCUT2D eigenvalue weighted by molar-refractivity contribution is -0.120. The van der Waals surface area contributed by atoms with Gasteiger partial charge in [-0.1, -0.05) is 19.8 Å². The highest BCUT2D eigenvalue weighted by Gasteiger charge is 2.27. The van der Waals surface area contributed by atoms with Gasteiger partial charge in [-0.15, -0.1) is 0 Å². The maximum atomic E-state index is 11.4. The first-order valence-corrected chi connectivity index (χ1v) is 7.44. The summed E-state index contributed by atoms with van der Waals surface area (Å²) in [7, 11) is 0. The van der Waals surface area contributed by atoms with Crippen LogP contribution in [0.15, 0.2) is 0 Å². The molecule has 2 atom stereocenters. The van der Waals surface area contributed by atoms with Gasteiger partial charge >= 0.3 is 0 Å². The van der Waals surface area contributed by atoms with Crippen molar-refractivity contribution in [1.29, 1.82) is 0 Å². The van der Waals surface area contributed by atoms with Gasteiger partial charge in [-0.2, -0.15) is 11.8 Å². The number of hydrogen-bond donors (Lipinski definition) is 0. The molecule has 0 N–H and O–H groups in total. The predicted octanol–water partition coefficient (Wildman–Crippen LogP) is 3.67. The van der Waals surface area contributed by atoms with E-state index in [4.69, 9.17) is 0 Å². The number of ketones is 1. The minimum atomic E-state index is 0.497. The molecule has 0 spiro atoms. The van der Waals surface area contributed by atoms with E-state index in [2.05, 4.69) is 18.7 Å². The lowest BCUT2D eigenvalue weighted by atomic mass is 9.89. The average molecular weight is 226 g/mol. The largest absolute Gasteiger partial charge is 0.300 e. The van der Waals surface area contributed by atoms with Crippen molar-refractivity contribution in [1.82, 2.24) is 0 Å². The summed E-state index contributed by atoms with van der Waals surface area (Å²) < 4.78 is 0. The first kappa shape index (κ1) is 11.5. The van der Waals surface area contributed by atoms with E-state index in [1.54, 1.807) is 0 Å². The molecule has 0 aromatic heterocycles. The van der Waals surface area contributed by atoms with Gasteiger partial charge in [-0.25, -0.2) is 0 Å². The van der Waals surface area contributed by atoms with E-state index < -0.39 is 0 Å². The van der Waals surface area contributed by atoms with Crippen molar-refractivity contribution in [2.24, 2.45) is 11.8 Å². The van der Waals surface area contributed by atoms with Crippen LogP contribution in [0.1, 0.15) is 51.9 Å². The van der Waals surface area contributed by atoms with E-state index in [-0.39, 0.29) is 0 Å². The van der Waals surface area contributed by atoms with E-state index in [9.17, 15) is 4.79 Å². The van der Waals surface area contributed by atoms with Crippen LogP contribution in [-0.2, 0) is 4.79 Å². The number of rotatable bonds is 3. The SMILES string of the molecule is CC1CCC(=O)CC1SCC1CCCC1. The van der Waals surface area contributed by atoms with Crippen molar-refractivity contribution < 1.29 is 4.79 Å². The number of thioether (sulfide) groups is 1. The quantitative estimate of drug-likeness (QED) is 0.730. The van der Waals surface area contributed by atoms with Gasteiger partial charge in [0.05, 0.1) is 0 Å². The molecule has 2 aliphatic carbocycles. The van der Waals surface area contributed by atoms with Gasteiger partial charge in [0.2, 0.25) is 0 Å². The smallest absolute Gasteiger partial charge is 0.134 e. The molecule has 0 radical (unpaired) electrons. The Kier molecular flexibility index (Phi) is 4.13. The summed E-state index contributed by atoms with van der Waals surface area (Å²) in [4.78, 5) is 11.4. The van der Waals surface area contributed by atoms with Gasteiger partial charge in [-0.3, -0.25) is 4.79 Å². The minimum absolute atomic E-state index is 0.497. The van der Waals surface area contributed by atoms with Gasteiger partial charge in [0, 0.05) is 18.1 Å². The Morgan fingerprint density at radius 2 is 2.00 bits per heavy atom. The first-order valence-electron chi connectivity index (χ1n) is 6.39. The molecule has 86 valence electrons. The van der Waals surface area contributed by atoms with Crippen LogP contribution in [0, 0.1) is 11.8 Å². The third kappa shape index (κ3) is 3.24. The molecule has 0 aromatic rings. The number of carbonyl (C=O) groups excluding carboxylic acids is 1. The fourth-order valence-electron chi connectivity index (χ4n) is 2.76. The molecule has 2 saturated carbocycles. The predicted molar refractivity (Wildman–Crippen MR) is 66.2 cm³/mol. The fraction of sp³-hybridized carbons (Fsp3) is 0.923. The first-order chi connectivity index (χ1) is 7.25. The topological polar surface area (TPSA) is 17.1 Å². The molecule has 2 heteroatoms. The van der Waals surface area contributed by atoms with Gasteiger partial charge in [0.25, 0.3) is 0 Å². The van der Waals surface area contributed by atoms with Crippen LogP contribution < -0.4 is 0 Å². The second-order valence-corrected chi connectivity index (χ2v) is 6.55. The lowest BCUT2D eigenvalue weighted by Crippen LogP contribution is -2.26. The Balaban J connectivity index is 1.74. The molecule has 2 rings (SSSR count). The van der Waals surface area contributed by atoms with Crippen molar-refractivity contribution >= 4 is 17.5 Å². The molecule has 0 aliphatic heterocycles. The Hall–Kier alpha value is 0.0200. The van der Waals surface area contributed by atoms with Crippen LogP contribution in [0.2, 0.25) is 0 Å². The van der Waals surface area contributed by atoms with Crippen molar-refractivity contribution in [2.75, 3.05) is 5.75 Å². The maximum absolute atomic E-state index is 11.4. The summed E-state index contributed by atoms with van der Waals surface area (Å²) in [5, 5.41) is 0.631. The molecule has 2 fully saturated rings. The van der Waals surface area contributed by atoms with Gasteiger partial charge < -0.3 is 0 Å². The monoisotopic (exact) mass is 226 g/mol. The Bertz CT molecular complexity index is 221. The van der Waals surface area contributed by atoms with Crippen LogP contribution in [0.5, 0.6) is 0 Å². The Morgan fingerprint density at radius 3 is 2.73 bits per heavy atom. The second-order valence-electron chi connectivity index (χ2n) is 5.28. The van der Waals surface area contributed by atoms with E-state index in [0.29, 0.717) is 11.0 Å². The third-order valence-electron chi connectivity index (χ3n) is 3.96. The molecule has 2 unspecified atom stereocenters. The normalized spacial score (nSPS) is 33.5. The van der Waals surface area contributed by atoms with Gasteiger partial charge in [-0.05, 0) is 36.9 Å². The minimum Gasteiger partial charge on any atom is -0.300 e. The van der Waals surface area contributed by atoms with Crippen molar-refractivity contribution in [3.8, 4) is 0 Å². The zero-order valence-corrected chi connectivity index (χ0v) is 10.5. The molecule has 0 heterocycles. The summed E-state index contributed by atoms with van der Waals surface area (Å²) >= 11 is 2.09. The molecule has 15 heavy (non-hydrogen) atoms. The Labute approximate surface area is 97.4 Å².